The molecule has 6 nitrogen and oxygen atoms in total. The zero-order chi connectivity index (χ0) is 23.4. The van der Waals surface area contributed by atoms with E-state index in [0.717, 1.165) is 26.1 Å². The quantitative estimate of drug-likeness (QED) is 0.530. The van der Waals surface area contributed by atoms with Gasteiger partial charge in [-0.05, 0) is 61.8 Å². The molecule has 0 saturated carbocycles. The lowest BCUT2D eigenvalue weighted by atomic mass is 9.99. The number of aromatic nitrogens is 2. The SMILES string of the molecule is CC[NH+](CC)CCn1c(=S)[nH]c2cc(C(=O)N3CC=C(c4ccccc4)CC3)ccc2c1=O. The van der Waals surface area contributed by atoms with Crippen molar-refractivity contribution in [3.8, 4) is 0 Å². The van der Waals surface area contributed by atoms with E-state index in [4.69, 9.17) is 12.2 Å². The van der Waals surface area contributed by atoms with Crippen molar-refractivity contribution >= 4 is 34.6 Å². The fraction of sp³-hybridized carbons (Fsp3) is 0.346. The lowest BCUT2D eigenvalue weighted by Gasteiger charge is -2.27. The fourth-order valence-corrected chi connectivity index (χ4v) is 4.70. The van der Waals surface area contributed by atoms with E-state index in [1.165, 1.54) is 16.0 Å². The number of carbonyl (C=O) groups is 1. The van der Waals surface area contributed by atoms with Crippen LogP contribution < -0.4 is 10.5 Å². The summed E-state index contributed by atoms with van der Waals surface area (Å²) in [5.41, 5.74) is 3.55. The van der Waals surface area contributed by atoms with Gasteiger partial charge >= 0.3 is 0 Å². The predicted octanol–water partition coefficient (Wildman–Crippen LogP) is 2.91. The molecule has 2 heterocycles. The third-order valence-corrected chi connectivity index (χ3v) is 6.88. The number of hydrogen-bond acceptors (Lipinski definition) is 3. The minimum atomic E-state index is -0.104. The summed E-state index contributed by atoms with van der Waals surface area (Å²) in [5, 5.41) is 0.555. The second kappa shape index (κ2) is 10.3. The maximum Gasteiger partial charge on any atom is 0.262 e. The Morgan fingerprint density at radius 1 is 1.12 bits per heavy atom. The second-order valence-electron chi connectivity index (χ2n) is 8.45. The molecule has 172 valence electrons. The summed E-state index contributed by atoms with van der Waals surface area (Å²) in [6.07, 6.45) is 2.95. The molecule has 2 aromatic carbocycles. The average molecular weight is 464 g/mol. The molecule has 7 heteroatoms. The van der Waals surface area contributed by atoms with Crippen LogP contribution in [0.1, 0.15) is 36.2 Å². The van der Waals surface area contributed by atoms with Crippen LogP contribution in [0.25, 0.3) is 16.5 Å². The van der Waals surface area contributed by atoms with Gasteiger partial charge in [0.15, 0.2) is 4.77 Å². The fourth-order valence-electron chi connectivity index (χ4n) is 4.41. The van der Waals surface area contributed by atoms with E-state index in [1.54, 1.807) is 22.8 Å². The third-order valence-electron chi connectivity index (χ3n) is 6.56. The lowest BCUT2D eigenvalue weighted by Crippen LogP contribution is -3.11. The number of fused-ring (bicyclic) bond motifs is 1. The minimum Gasteiger partial charge on any atom is -0.335 e. The van der Waals surface area contributed by atoms with Gasteiger partial charge in [-0.25, -0.2) is 0 Å². The van der Waals surface area contributed by atoms with Crippen LogP contribution in [-0.2, 0) is 6.54 Å². The number of nitrogens with zero attached hydrogens (tertiary/aromatic N) is 2. The first-order valence-electron chi connectivity index (χ1n) is 11.7. The molecule has 0 spiro atoms. The van der Waals surface area contributed by atoms with Crippen molar-refractivity contribution in [2.45, 2.75) is 26.8 Å². The first-order chi connectivity index (χ1) is 16.0. The Kier molecular flexibility index (Phi) is 7.20. The van der Waals surface area contributed by atoms with Gasteiger partial charge in [-0.15, -0.1) is 0 Å². The highest BCUT2D eigenvalue weighted by atomic mass is 32.1. The van der Waals surface area contributed by atoms with Crippen LogP contribution in [-0.4, -0.2) is 53.1 Å². The summed E-state index contributed by atoms with van der Waals surface area (Å²) in [5.74, 6) is -0.0334. The molecule has 2 N–H and O–H groups in total. The Balaban J connectivity index is 1.54. The molecule has 33 heavy (non-hydrogen) atoms. The zero-order valence-corrected chi connectivity index (χ0v) is 20.1. The van der Waals surface area contributed by atoms with Crippen LogP contribution in [0.2, 0.25) is 0 Å². The standard InChI is InChI=1S/C26H30N4O2S/c1-3-28(4-2)16-17-30-25(32)22-11-10-21(18-23(22)27-26(30)33)24(31)29-14-12-20(13-15-29)19-8-6-5-7-9-19/h5-12,18H,3-4,13-17H2,1-2H3,(H,27,33)/p+1. The summed E-state index contributed by atoms with van der Waals surface area (Å²) in [4.78, 5) is 32.6. The van der Waals surface area contributed by atoms with Crippen LogP contribution in [0.3, 0.4) is 0 Å². The number of rotatable bonds is 7. The number of quaternary nitrogens is 1. The first-order valence-corrected chi connectivity index (χ1v) is 12.1. The van der Waals surface area contributed by atoms with Crippen molar-refractivity contribution < 1.29 is 9.69 Å². The predicted molar refractivity (Wildman–Crippen MR) is 135 cm³/mol. The summed E-state index contributed by atoms with van der Waals surface area (Å²) in [6, 6.07) is 15.5. The number of carbonyl (C=O) groups excluding carboxylic acids is 1. The van der Waals surface area contributed by atoms with Gasteiger partial charge in [0, 0.05) is 18.7 Å². The molecule has 1 amide bonds. The monoisotopic (exact) mass is 463 g/mol. The summed E-state index contributed by atoms with van der Waals surface area (Å²) in [7, 11) is 0. The molecule has 0 unspecified atom stereocenters. The number of nitrogens with one attached hydrogen (secondary N) is 2. The largest absolute Gasteiger partial charge is 0.335 e. The molecule has 0 saturated heterocycles. The summed E-state index contributed by atoms with van der Waals surface area (Å²) in [6.45, 7) is 8.98. The molecule has 4 rings (SSSR count). The topological polar surface area (TPSA) is 62.5 Å². The third kappa shape index (κ3) is 4.99. The normalized spacial score (nSPS) is 14.0. The van der Waals surface area contributed by atoms with Crippen LogP contribution in [0.15, 0.2) is 59.4 Å². The highest BCUT2D eigenvalue weighted by Crippen LogP contribution is 2.23. The number of amides is 1. The van der Waals surface area contributed by atoms with E-state index in [1.807, 2.05) is 23.1 Å². The van der Waals surface area contributed by atoms with Crippen LogP contribution in [0.4, 0.5) is 0 Å². The molecule has 1 aromatic heterocycles. The molecule has 1 aliphatic rings. The van der Waals surface area contributed by atoms with Gasteiger partial charge in [-0.1, -0.05) is 36.4 Å². The molecule has 1 aliphatic heterocycles. The molecule has 3 aromatic rings. The smallest absolute Gasteiger partial charge is 0.262 e. The number of H-pyrrole nitrogens is 1. The summed E-state index contributed by atoms with van der Waals surface area (Å²) < 4.78 is 2.03. The van der Waals surface area contributed by atoms with Gasteiger partial charge in [0.25, 0.3) is 11.5 Å². The van der Waals surface area contributed by atoms with Gasteiger partial charge in [0.05, 0.1) is 37.1 Å². The molecular weight excluding hydrogens is 432 g/mol. The maximum atomic E-state index is 13.1. The van der Waals surface area contributed by atoms with E-state index >= 15 is 0 Å². The van der Waals surface area contributed by atoms with E-state index < -0.39 is 0 Å². The van der Waals surface area contributed by atoms with Crippen molar-refractivity contribution in [2.75, 3.05) is 32.7 Å². The average Bonchev–Trinajstić information content (AvgIpc) is 2.86. The Hall–Kier alpha value is -3.03. The van der Waals surface area contributed by atoms with Gasteiger partial charge in [0.1, 0.15) is 0 Å². The van der Waals surface area contributed by atoms with E-state index in [-0.39, 0.29) is 11.5 Å². The first kappa shape index (κ1) is 23.1. The number of hydrogen-bond donors (Lipinski definition) is 2. The maximum absolute atomic E-state index is 13.1. The van der Waals surface area contributed by atoms with E-state index in [9.17, 15) is 9.59 Å². The van der Waals surface area contributed by atoms with Gasteiger partial charge < -0.3 is 14.8 Å². The number of likely N-dealkylation sites (N-methyl/N-ethyl adjacent to an activating group) is 1. The lowest BCUT2D eigenvalue weighted by molar-refractivity contribution is -0.897. The zero-order valence-electron chi connectivity index (χ0n) is 19.3. The highest BCUT2D eigenvalue weighted by molar-refractivity contribution is 7.71. The Bertz CT molecular complexity index is 1290. The highest BCUT2D eigenvalue weighted by Gasteiger charge is 2.20. The van der Waals surface area contributed by atoms with Crippen LogP contribution >= 0.6 is 12.2 Å². The number of benzene rings is 2. The number of aromatic amines is 1. The Morgan fingerprint density at radius 2 is 1.88 bits per heavy atom. The molecule has 0 aliphatic carbocycles. The minimum absolute atomic E-state index is 0.0334. The van der Waals surface area contributed by atoms with Crippen molar-refractivity contribution in [1.82, 2.24) is 14.5 Å². The molecule has 0 fully saturated rings. The van der Waals surface area contributed by atoms with Gasteiger partial charge in [-0.3, -0.25) is 14.2 Å². The molecule has 0 atom stereocenters. The molecular formula is C26H31N4O2S+. The molecule has 0 radical (unpaired) electrons. The van der Waals surface area contributed by atoms with Gasteiger partial charge in [-0.2, -0.15) is 0 Å². The van der Waals surface area contributed by atoms with Crippen molar-refractivity contribution in [2.24, 2.45) is 0 Å². The Morgan fingerprint density at radius 3 is 2.55 bits per heavy atom. The van der Waals surface area contributed by atoms with Crippen molar-refractivity contribution in [1.29, 1.82) is 0 Å². The van der Waals surface area contributed by atoms with E-state index in [2.05, 4.69) is 37.0 Å². The second-order valence-corrected chi connectivity index (χ2v) is 8.84. The Labute approximate surface area is 199 Å². The van der Waals surface area contributed by atoms with Crippen molar-refractivity contribution in [3.05, 3.63) is 80.9 Å². The molecule has 0 bridgehead atoms. The van der Waals surface area contributed by atoms with Crippen LogP contribution in [0.5, 0.6) is 0 Å². The van der Waals surface area contributed by atoms with E-state index in [0.29, 0.717) is 40.9 Å². The summed E-state index contributed by atoms with van der Waals surface area (Å²) >= 11 is 5.48. The van der Waals surface area contributed by atoms with Gasteiger partial charge in [0.2, 0.25) is 0 Å². The van der Waals surface area contributed by atoms with Crippen molar-refractivity contribution in [3.63, 3.8) is 0 Å². The van der Waals surface area contributed by atoms with Crippen LogP contribution in [0, 0.1) is 4.77 Å².